The van der Waals surface area contributed by atoms with Crippen LogP contribution < -0.4 is 0 Å². The van der Waals surface area contributed by atoms with E-state index in [0.717, 1.165) is 11.8 Å². The molecule has 1 nitrogen and oxygen atoms in total. The zero-order valence-corrected chi connectivity index (χ0v) is 10.8. The normalized spacial score (nSPS) is 33.0. The third-order valence-corrected chi connectivity index (χ3v) is 5.16. The van der Waals surface area contributed by atoms with E-state index in [1.54, 1.807) is 0 Å². The van der Waals surface area contributed by atoms with Crippen LogP contribution in [0.1, 0.15) is 48.5 Å². The molecule has 2 saturated carbocycles. The monoisotopic (exact) mass is 230 g/mol. The lowest BCUT2D eigenvalue weighted by Gasteiger charge is -2.28. The van der Waals surface area contributed by atoms with Gasteiger partial charge in [-0.3, -0.25) is 0 Å². The van der Waals surface area contributed by atoms with Crippen LogP contribution in [-0.4, -0.2) is 5.11 Å². The first-order valence-electron chi connectivity index (χ1n) is 6.91. The Morgan fingerprint density at radius 3 is 2.65 bits per heavy atom. The Bertz CT molecular complexity index is 424. The zero-order valence-electron chi connectivity index (χ0n) is 10.8. The van der Waals surface area contributed by atoms with Crippen molar-refractivity contribution in [3.63, 3.8) is 0 Å². The predicted octanol–water partition coefficient (Wildman–Crippen LogP) is 3.77. The first-order valence-corrected chi connectivity index (χ1v) is 6.91. The third-order valence-electron chi connectivity index (χ3n) is 5.16. The summed E-state index contributed by atoms with van der Waals surface area (Å²) in [7, 11) is 0. The maximum absolute atomic E-state index is 10.6. The number of rotatable bonds is 2. The van der Waals surface area contributed by atoms with Crippen molar-refractivity contribution in [2.24, 2.45) is 17.8 Å². The molecule has 0 spiro atoms. The van der Waals surface area contributed by atoms with E-state index in [0.29, 0.717) is 5.92 Å². The van der Waals surface area contributed by atoms with Crippen molar-refractivity contribution in [2.75, 3.05) is 0 Å². The second-order valence-electron chi connectivity index (χ2n) is 6.07. The molecule has 1 aromatic rings. The van der Waals surface area contributed by atoms with Crippen molar-refractivity contribution >= 4 is 0 Å². The van der Waals surface area contributed by atoms with Crippen LogP contribution in [0.15, 0.2) is 18.2 Å². The largest absolute Gasteiger partial charge is 0.388 e. The van der Waals surface area contributed by atoms with E-state index < -0.39 is 0 Å². The highest BCUT2D eigenvalue weighted by molar-refractivity contribution is 5.35. The second-order valence-corrected chi connectivity index (χ2v) is 6.07. The number of fused-ring (bicyclic) bond motifs is 2. The van der Waals surface area contributed by atoms with Crippen LogP contribution in [0.2, 0.25) is 0 Å². The molecule has 1 heteroatoms. The fourth-order valence-corrected chi connectivity index (χ4v) is 4.01. The van der Waals surface area contributed by atoms with E-state index in [2.05, 4.69) is 32.0 Å². The molecule has 92 valence electrons. The van der Waals surface area contributed by atoms with Crippen molar-refractivity contribution in [3.05, 3.63) is 34.9 Å². The van der Waals surface area contributed by atoms with Crippen LogP contribution in [0.5, 0.6) is 0 Å². The molecule has 0 saturated heterocycles. The minimum atomic E-state index is -0.231. The smallest absolute Gasteiger partial charge is 0.0823 e. The van der Waals surface area contributed by atoms with E-state index in [4.69, 9.17) is 0 Å². The van der Waals surface area contributed by atoms with Gasteiger partial charge in [-0.05, 0) is 67.6 Å². The van der Waals surface area contributed by atoms with E-state index >= 15 is 0 Å². The van der Waals surface area contributed by atoms with Gasteiger partial charge in [0.25, 0.3) is 0 Å². The number of hydrogen-bond acceptors (Lipinski definition) is 1. The Labute approximate surface area is 104 Å². The van der Waals surface area contributed by atoms with Gasteiger partial charge in [-0.15, -0.1) is 0 Å². The number of aryl methyl sites for hydroxylation is 1. The molecular formula is C16H22O. The number of hydrogen-bond donors (Lipinski definition) is 1. The number of aliphatic hydroxyl groups is 1. The summed E-state index contributed by atoms with van der Waals surface area (Å²) in [6.45, 7) is 4.27. The van der Waals surface area contributed by atoms with Gasteiger partial charge in [0.15, 0.2) is 0 Å². The molecule has 0 aliphatic heterocycles. The molecule has 4 atom stereocenters. The van der Waals surface area contributed by atoms with Gasteiger partial charge in [0.05, 0.1) is 6.10 Å². The highest BCUT2D eigenvalue weighted by Gasteiger charge is 2.43. The molecule has 2 bridgehead atoms. The average Bonchev–Trinajstić information content (AvgIpc) is 2.94. The summed E-state index contributed by atoms with van der Waals surface area (Å²) in [5, 5.41) is 10.6. The Balaban J connectivity index is 1.86. The van der Waals surface area contributed by atoms with E-state index in [1.165, 1.54) is 42.4 Å². The van der Waals surface area contributed by atoms with Crippen molar-refractivity contribution < 1.29 is 5.11 Å². The van der Waals surface area contributed by atoms with Gasteiger partial charge in [-0.25, -0.2) is 0 Å². The van der Waals surface area contributed by atoms with Crippen molar-refractivity contribution in [3.8, 4) is 0 Å². The quantitative estimate of drug-likeness (QED) is 0.820. The summed E-state index contributed by atoms with van der Waals surface area (Å²) >= 11 is 0. The third kappa shape index (κ3) is 1.81. The lowest BCUT2D eigenvalue weighted by molar-refractivity contribution is 0.0739. The highest BCUT2D eigenvalue weighted by Crippen LogP contribution is 2.52. The maximum atomic E-state index is 10.6. The molecule has 4 unspecified atom stereocenters. The molecule has 0 aromatic heterocycles. The Morgan fingerprint density at radius 2 is 2.00 bits per heavy atom. The topological polar surface area (TPSA) is 20.2 Å². The van der Waals surface area contributed by atoms with Gasteiger partial charge in [-0.1, -0.05) is 24.6 Å². The minimum Gasteiger partial charge on any atom is -0.388 e. The molecule has 17 heavy (non-hydrogen) atoms. The van der Waals surface area contributed by atoms with E-state index in [9.17, 15) is 5.11 Å². The van der Waals surface area contributed by atoms with Gasteiger partial charge in [0.2, 0.25) is 0 Å². The number of benzene rings is 1. The number of aliphatic hydroxyl groups excluding tert-OH is 1. The summed E-state index contributed by atoms with van der Waals surface area (Å²) in [6, 6.07) is 6.32. The van der Waals surface area contributed by atoms with Crippen LogP contribution in [-0.2, 0) is 0 Å². The van der Waals surface area contributed by atoms with Gasteiger partial charge in [0.1, 0.15) is 0 Å². The summed E-state index contributed by atoms with van der Waals surface area (Å²) in [5.41, 5.74) is 3.75. The summed E-state index contributed by atoms with van der Waals surface area (Å²) in [4.78, 5) is 0. The van der Waals surface area contributed by atoms with Crippen LogP contribution >= 0.6 is 0 Å². The highest BCUT2D eigenvalue weighted by atomic mass is 16.3. The SMILES string of the molecule is Cc1cccc(C(O)C2CC3CCC2C3)c1C. The molecule has 2 aliphatic rings. The molecule has 1 N–H and O–H groups in total. The van der Waals surface area contributed by atoms with Crippen LogP contribution in [0, 0.1) is 31.6 Å². The first-order chi connectivity index (χ1) is 8.16. The minimum absolute atomic E-state index is 0.231. The van der Waals surface area contributed by atoms with Crippen LogP contribution in [0.4, 0.5) is 0 Å². The van der Waals surface area contributed by atoms with Gasteiger partial charge in [0, 0.05) is 0 Å². The molecule has 2 aliphatic carbocycles. The average molecular weight is 230 g/mol. The predicted molar refractivity (Wildman–Crippen MR) is 69.8 cm³/mol. The summed E-state index contributed by atoms with van der Waals surface area (Å²) in [6.07, 6.45) is 5.13. The van der Waals surface area contributed by atoms with Crippen molar-refractivity contribution in [1.82, 2.24) is 0 Å². The fourth-order valence-electron chi connectivity index (χ4n) is 4.01. The van der Waals surface area contributed by atoms with Gasteiger partial charge >= 0.3 is 0 Å². The first kappa shape index (κ1) is 11.3. The molecule has 0 amide bonds. The lowest BCUT2D eigenvalue weighted by Crippen LogP contribution is -2.20. The van der Waals surface area contributed by atoms with Crippen molar-refractivity contribution in [1.29, 1.82) is 0 Å². The summed E-state index contributed by atoms with van der Waals surface area (Å²) < 4.78 is 0. The standard InChI is InChI=1S/C16H22O/c1-10-4-3-5-14(11(10)2)16(17)15-9-12-6-7-13(15)8-12/h3-5,12-13,15-17H,6-9H2,1-2H3. The molecule has 0 radical (unpaired) electrons. The second kappa shape index (κ2) is 4.13. The lowest BCUT2D eigenvalue weighted by atomic mass is 9.81. The molecule has 2 fully saturated rings. The fraction of sp³-hybridized carbons (Fsp3) is 0.625. The Morgan fingerprint density at radius 1 is 1.18 bits per heavy atom. The van der Waals surface area contributed by atoms with Crippen molar-refractivity contribution in [2.45, 2.75) is 45.6 Å². The molecule has 3 rings (SSSR count). The molecule has 0 heterocycles. The maximum Gasteiger partial charge on any atom is 0.0823 e. The van der Waals surface area contributed by atoms with Gasteiger partial charge in [-0.2, -0.15) is 0 Å². The Hall–Kier alpha value is -0.820. The van der Waals surface area contributed by atoms with Gasteiger partial charge < -0.3 is 5.11 Å². The molecule has 1 aromatic carbocycles. The van der Waals surface area contributed by atoms with E-state index in [1.807, 2.05) is 0 Å². The Kier molecular flexibility index (Phi) is 2.74. The van der Waals surface area contributed by atoms with Crippen LogP contribution in [0.3, 0.4) is 0 Å². The van der Waals surface area contributed by atoms with Crippen LogP contribution in [0.25, 0.3) is 0 Å². The van der Waals surface area contributed by atoms with E-state index in [-0.39, 0.29) is 6.10 Å². The summed E-state index contributed by atoms with van der Waals surface area (Å²) in [5.74, 6) is 2.22. The molecular weight excluding hydrogens is 208 g/mol. The zero-order chi connectivity index (χ0) is 12.0.